The zero-order chi connectivity index (χ0) is 10.8. The molecule has 6 heteroatoms. The molecule has 6 nitrogen and oxygen atoms in total. The third-order valence-electron chi connectivity index (χ3n) is 2.90. The molecule has 2 rings (SSSR count). The molecule has 84 valence electrons. The van der Waals surface area contributed by atoms with Crippen molar-refractivity contribution in [3.05, 3.63) is 0 Å². The molecule has 0 aliphatic carbocycles. The van der Waals surface area contributed by atoms with Crippen LogP contribution in [0, 0.1) is 0 Å². The average Bonchev–Trinajstić information content (AvgIpc) is 2.60. The number of piperazine rings is 1. The standard InChI is InChI=1S/C9H15N3O3/c1-15-8(13)6-11-2-3-12-7(5-11)4-10-9(12)14/h7H,2-6H2,1H3,(H,10,14). The first-order valence-corrected chi connectivity index (χ1v) is 5.04. The van der Waals surface area contributed by atoms with E-state index in [0.29, 0.717) is 19.6 Å². The summed E-state index contributed by atoms with van der Waals surface area (Å²) in [5.74, 6) is -0.222. The minimum Gasteiger partial charge on any atom is -0.468 e. The SMILES string of the molecule is COC(=O)CN1CCN2C(=O)NCC2C1. The van der Waals surface area contributed by atoms with E-state index in [4.69, 9.17) is 0 Å². The molecule has 2 aliphatic heterocycles. The Bertz CT molecular complexity index is 282. The first kappa shape index (κ1) is 10.2. The Hall–Kier alpha value is -1.30. The predicted octanol–water partition coefficient (Wildman–Crippen LogP) is -1.13. The van der Waals surface area contributed by atoms with Crippen LogP contribution in [0.1, 0.15) is 0 Å². The van der Waals surface area contributed by atoms with Gasteiger partial charge in [-0.25, -0.2) is 4.79 Å². The van der Waals surface area contributed by atoms with Gasteiger partial charge in [0.25, 0.3) is 0 Å². The third-order valence-corrected chi connectivity index (χ3v) is 2.90. The van der Waals surface area contributed by atoms with E-state index in [2.05, 4.69) is 10.1 Å². The van der Waals surface area contributed by atoms with Crippen LogP contribution in [0.25, 0.3) is 0 Å². The molecule has 2 aliphatic rings. The van der Waals surface area contributed by atoms with Crippen molar-refractivity contribution in [2.45, 2.75) is 6.04 Å². The minimum atomic E-state index is -0.222. The monoisotopic (exact) mass is 213 g/mol. The Morgan fingerprint density at radius 1 is 1.60 bits per heavy atom. The number of esters is 1. The molecule has 1 unspecified atom stereocenters. The van der Waals surface area contributed by atoms with Gasteiger partial charge in [0.1, 0.15) is 0 Å². The van der Waals surface area contributed by atoms with Crippen LogP contribution in [-0.2, 0) is 9.53 Å². The van der Waals surface area contributed by atoms with E-state index >= 15 is 0 Å². The number of urea groups is 1. The number of nitrogens with one attached hydrogen (secondary N) is 1. The Labute approximate surface area is 88.2 Å². The van der Waals surface area contributed by atoms with Crippen molar-refractivity contribution >= 4 is 12.0 Å². The largest absolute Gasteiger partial charge is 0.468 e. The van der Waals surface area contributed by atoms with Crippen LogP contribution in [-0.4, -0.2) is 67.7 Å². The molecule has 2 amide bonds. The van der Waals surface area contributed by atoms with Gasteiger partial charge in [0.2, 0.25) is 0 Å². The molecule has 0 bridgehead atoms. The van der Waals surface area contributed by atoms with Crippen LogP contribution in [0.3, 0.4) is 0 Å². The summed E-state index contributed by atoms with van der Waals surface area (Å²) in [6, 6.07) is 0.216. The summed E-state index contributed by atoms with van der Waals surface area (Å²) in [5.41, 5.74) is 0. The highest BCUT2D eigenvalue weighted by Gasteiger charge is 2.35. The van der Waals surface area contributed by atoms with Crippen molar-refractivity contribution in [1.82, 2.24) is 15.1 Å². The highest BCUT2D eigenvalue weighted by molar-refractivity contribution is 5.77. The van der Waals surface area contributed by atoms with Crippen molar-refractivity contribution in [2.75, 3.05) is 39.8 Å². The zero-order valence-corrected chi connectivity index (χ0v) is 8.73. The molecule has 0 radical (unpaired) electrons. The van der Waals surface area contributed by atoms with Gasteiger partial charge in [-0.05, 0) is 0 Å². The summed E-state index contributed by atoms with van der Waals surface area (Å²) in [7, 11) is 1.39. The van der Waals surface area contributed by atoms with Crippen molar-refractivity contribution in [3.8, 4) is 0 Å². The molecule has 1 atom stereocenters. The molecule has 1 N–H and O–H groups in total. The number of fused-ring (bicyclic) bond motifs is 1. The van der Waals surface area contributed by atoms with Crippen molar-refractivity contribution < 1.29 is 14.3 Å². The fourth-order valence-corrected chi connectivity index (χ4v) is 2.06. The van der Waals surface area contributed by atoms with E-state index in [1.165, 1.54) is 7.11 Å². The van der Waals surface area contributed by atoms with Gasteiger partial charge in [0, 0.05) is 26.2 Å². The molecule has 0 aromatic rings. The van der Waals surface area contributed by atoms with Gasteiger partial charge in [0.15, 0.2) is 0 Å². The number of methoxy groups -OCH3 is 1. The Kier molecular flexibility index (Phi) is 2.77. The van der Waals surface area contributed by atoms with Crippen LogP contribution in [0.2, 0.25) is 0 Å². The topological polar surface area (TPSA) is 61.9 Å². The van der Waals surface area contributed by atoms with E-state index in [0.717, 1.165) is 13.1 Å². The quantitative estimate of drug-likeness (QED) is 0.590. The van der Waals surface area contributed by atoms with Crippen molar-refractivity contribution in [1.29, 1.82) is 0 Å². The van der Waals surface area contributed by atoms with Gasteiger partial charge in [0.05, 0.1) is 19.7 Å². The highest BCUT2D eigenvalue weighted by Crippen LogP contribution is 2.13. The van der Waals surface area contributed by atoms with E-state index in [-0.39, 0.29) is 18.0 Å². The highest BCUT2D eigenvalue weighted by atomic mass is 16.5. The maximum absolute atomic E-state index is 11.3. The second-order valence-electron chi connectivity index (χ2n) is 3.84. The van der Waals surface area contributed by atoms with Crippen LogP contribution in [0.4, 0.5) is 4.79 Å². The smallest absolute Gasteiger partial charge is 0.319 e. The molecule has 2 saturated heterocycles. The summed E-state index contributed by atoms with van der Waals surface area (Å²) < 4.78 is 4.61. The fourth-order valence-electron chi connectivity index (χ4n) is 2.06. The summed E-state index contributed by atoms with van der Waals surface area (Å²) in [6.45, 7) is 3.16. The van der Waals surface area contributed by atoms with Crippen molar-refractivity contribution in [2.24, 2.45) is 0 Å². The van der Waals surface area contributed by atoms with Crippen LogP contribution in [0.5, 0.6) is 0 Å². The Morgan fingerprint density at radius 3 is 3.13 bits per heavy atom. The molecule has 0 spiro atoms. The fraction of sp³-hybridized carbons (Fsp3) is 0.778. The first-order chi connectivity index (χ1) is 7.20. The average molecular weight is 213 g/mol. The predicted molar refractivity (Wildman–Crippen MR) is 52.3 cm³/mol. The Morgan fingerprint density at radius 2 is 2.40 bits per heavy atom. The van der Waals surface area contributed by atoms with Gasteiger partial charge in [-0.2, -0.15) is 0 Å². The molecule has 2 fully saturated rings. The van der Waals surface area contributed by atoms with Gasteiger partial charge in [-0.15, -0.1) is 0 Å². The van der Waals surface area contributed by atoms with E-state index in [9.17, 15) is 9.59 Å². The zero-order valence-electron chi connectivity index (χ0n) is 8.73. The molecule has 15 heavy (non-hydrogen) atoms. The number of ether oxygens (including phenoxy) is 1. The van der Waals surface area contributed by atoms with E-state index < -0.39 is 0 Å². The van der Waals surface area contributed by atoms with Gasteiger partial charge in [-0.3, -0.25) is 9.69 Å². The summed E-state index contributed by atoms with van der Waals surface area (Å²) in [5, 5.41) is 2.79. The molecular formula is C9H15N3O3. The molecule has 2 heterocycles. The van der Waals surface area contributed by atoms with Crippen LogP contribution >= 0.6 is 0 Å². The molecule has 0 aromatic heterocycles. The lowest BCUT2D eigenvalue weighted by Crippen LogP contribution is -2.53. The Balaban J connectivity index is 1.88. The lowest BCUT2D eigenvalue weighted by atomic mass is 10.2. The normalized spacial score (nSPS) is 26.1. The number of carbonyl (C=O) groups is 2. The maximum atomic E-state index is 11.3. The maximum Gasteiger partial charge on any atom is 0.319 e. The number of amides is 2. The van der Waals surface area contributed by atoms with Crippen LogP contribution in [0.15, 0.2) is 0 Å². The van der Waals surface area contributed by atoms with Gasteiger partial charge in [-0.1, -0.05) is 0 Å². The molecule has 0 saturated carbocycles. The molecular weight excluding hydrogens is 198 g/mol. The van der Waals surface area contributed by atoms with E-state index in [1.807, 2.05) is 9.80 Å². The van der Waals surface area contributed by atoms with Gasteiger partial charge < -0.3 is 15.0 Å². The second kappa shape index (κ2) is 4.06. The molecule has 0 aromatic carbocycles. The number of rotatable bonds is 2. The number of hydrogen-bond acceptors (Lipinski definition) is 4. The number of nitrogens with zero attached hydrogens (tertiary/aromatic N) is 2. The minimum absolute atomic E-state index is 0.0118. The second-order valence-corrected chi connectivity index (χ2v) is 3.84. The lowest BCUT2D eigenvalue weighted by molar-refractivity contribution is -0.142. The van der Waals surface area contributed by atoms with E-state index in [1.54, 1.807) is 0 Å². The lowest BCUT2D eigenvalue weighted by Gasteiger charge is -2.35. The summed E-state index contributed by atoms with van der Waals surface area (Å²) in [6.07, 6.45) is 0. The number of hydrogen-bond donors (Lipinski definition) is 1. The summed E-state index contributed by atoms with van der Waals surface area (Å²) >= 11 is 0. The third kappa shape index (κ3) is 2.04. The van der Waals surface area contributed by atoms with Crippen molar-refractivity contribution in [3.63, 3.8) is 0 Å². The number of carbonyl (C=O) groups excluding carboxylic acids is 2. The van der Waals surface area contributed by atoms with Gasteiger partial charge >= 0.3 is 12.0 Å². The summed E-state index contributed by atoms with van der Waals surface area (Å²) in [4.78, 5) is 26.2. The first-order valence-electron chi connectivity index (χ1n) is 5.04. The van der Waals surface area contributed by atoms with Crippen LogP contribution < -0.4 is 5.32 Å².